The molecule has 0 bridgehead atoms. The number of nitrogens with zero attached hydrogens (tertiary/aromatic N) is 2. The van der Waals surface area contributed by atoms with Crippen LogP contribution in [0.3, 0.4) is 0 Å². The second-order valence-electron chi connectivity index (χ2n) is 6.53. The fourth-order valence-electron chi connectivity index (χ4n) is 2.86. The summed E-state index contributed by atoms with van der Waals surface area (Å²) in [6, 6.07) is 4.55. The number of rotatable bonds is 6. The van der Waals surface area contributed by atoms with Crippen LogP contribution < -0.4 is 15.0 Å². The Kier molecular flexibility index (Phi) is 5.56. The number of hydrogen-bond acceptors (Lipinski definition) is 5. The molecule has 0 aliphatic rings. The second-order valence-corrected chi connectivity index (χ2v) is 8.37. The summed E-state index contributed by atoms with van der Waals surface area (Å²) in [5, 5.41) is 0.285. The smallest absolute Gasteiger partial charge is 0.261 e. The molecule has 1 aromatic heterocycles. The molecule has 1 N–H and O–H groups in total. The van der Waals surface area contributed by atoms with Crippen LogP contribution >= 0.6 is 0 Å². The zero-order valence-electron chi connectivity index (χ0n) is 16.0. The van der Waals surface area contributed by atoms with E-state index >= 15 is 0 Å². The molecule has 0 aliphatic heterocycles. The highest BCUT2D eigenvalue weighted by atomic mass is 32.2. The predicted octanol–water partition coefficient (Wildman–Crippen LogP) is 3.46. The molecule has 0 unspecified atom stereocenters. The van der Waals surface area contributed by atoms with Gasteiger partial charge >= 0.3 is 0 Å². The third kappa shape index (κ3) is 4.21. The summed E-state index contributed by atoms with van der Waals surface area (Å²) in [6.45, 7) is 3.25. The first-order valence-electron chi connectivity index (χ1n) is 8.75. The highest BCUT2D eigenvalue weighted by Crippen LogP contribution is 2.34. The van der Waals surface area contributed by atoms with Gasteiger partial charge in [0.2, 0.25) is 10.0 Å². The van der Waals surface area contributed by atoms with Crippen molar-refractivity contribution >= 4 is 26.6 Å². The van der Waals surface area contributed by atoms with E-state index in [-0.39, 0.29) is 22.4 Å². The molecule has 0 fully saturated rings. The van der Waals surface area contributed by atoms with Crippen LogP contribution in [0.2, 0.25) is 0 Å². The zero-order chi connectivity index (χ0) is 21.3. The molecule has 0 saturated carbocycles. The van der Waals surface area contributed by atoms with Gasteiger partial charge in [0.15, 0.2) is 11.6 Å². The van der Waals surface area contributed by atoms with Gasteiger partial charge in [-0.3, -0.25) is 9.52 Å². The fraction of sp³-hybridized carbons (Fsp3) is 0.263. The number of ether oxygens (including phenoxy) is 1. The number of benzene rings is 2. The van der Waals surface area contributed by atoms with E-state index in [1.165, 1.54) is 23.0 Å². The highest BCUT2D eigenvalue weighted by Gasteiger charge is 2.19. The molecule has 0 radical (unpaired) electrons. The molecule has 0 saturated heterocycles. The number of nitrogens with one attached hydrogen (secondary N) is 1. The first-order valence-corrected chi connectivity index (χ1v) is 10.4. The first kappa shape index (κ1) is 20.7. The third-order valence-electron chi connectivity index (χ3n) is 4.26. The lowest BCUT2D eigenvalue weighted by Gasteiger charge is -2.14. The average Bonchev–Trinajstić information content (AvgIpc) is 2.63. The summed E-state index contributed by atoms with van der Waals surface area (Å²) in [6.07, 6.45) is 1.69. The molecule has 3 aromatic rings. The van der Waals surface area contributed by atoms with Crippen molar-refractivity contribution in [3.63, 3.8) is 0 Å². The standard InChI is InChI=1S/C19H19F2N3O4S/c1-4-7-29(26,27)23-14-8-12(20)9-16(18(14)21)28-15-6-5-13-17(11(15)2)19(25)24(3)10-22-13/h5-6,8-10,23H,4,7H2,1-3H3. The van der Waals surface area contributed by atoms with Gasteiger partial charge in [0.25, 0.3) is 5.56 Å². The van der Waals surface area contributed by atoms with Gasteiger partial charge in [-0.2, -0.15) is 0 Å². The van der Waals surface area contributed by atoms with E-state index in [1.54, 1.807) is 20.9 Å². The predicted molar refractivity (Wildman–Crippen MR) is 106 cm³/mol. The van der Waals surface area contributed by atoms with E-state index < -0.39 is 33.1 Å². The van der Waals surface area contributed by atoms with Crippen LogP contribution in [-0.4, -0.2) is 23.7 Å². The average molecular weight is 423 g/mol. The van der Waals surface area contributed by atoms with Crippen molar-refractivity contribution in [2.45, 2.75) is 20.3 Å². The van der Waals surface area contributed by atoms with E-state index in [0.717, 1.165) is 12.1 Å². The van der Waals surface area contributed by atoms with Gasteiger partial charge in [-0.05, 0) is 25.5 Å². The summed E-state index contributed by atoms with van der Waals surface area (Å²) < 4.78 is 61.5. The number of anilines is 1. The number of halogens is 2. The van der Waals surface area contributed by atoms with Crippen molar-refractivity contribution in [3.05, 3.63) is 58.1 Å². The van der Waals surface area contributed by atoms with Crippen LogP contribution in [0, 0.1) is 18.6 Å². The molecule has 0 aliphatic carbocycles. The molecule has 7 nitrogen and oxygen atoms in total. The maximum absolute atomic E-state index is 14.8. The Hall–Kier alpha value is -3.01. The molecule has 1 heterocycles. The van der Waals surface area contributed by atoms with Crippen LogP contribution in [-0.2, 0) is 17.1 Å². The van der Waals surface area contributed by atoms with Gasteiger partial charge in [-0.25, -0.2) is 22.2 Å². The van der Waals surface area contributed by atoms with Crippen molar-refractivity contribution in [2.75, 3.05) is 10.5 Å². The molecule has 3 rings (SSSR count). The van der Waals surface area contributed by atoms with Crippen LogP contribution in [0.4, 0.5) is 14.5 Å². The largest absolute Gasteiger partial charge is 0.454 e. The molecule has 154 valence electrons. The zero-order valence-corrected chi connectivity index (χ0v) is 16.8. The Morgan fingerprint density at radius 1 is 1.21 bits per heavy atom. The topological polar surface area (TPSA) is 90.3 Å². The lowest BCUT2D eigenvalue weighted by atomic mass is 10.1. The quantitative estimate of drug-likeness (QED) is 0.656. The van der Waals surface area contributed by atoms with Gasteiger partial charge in [0, 0.05) is 24.7 Å². The van der Waals surface area contributed by atoms with Gasteiger partial charge in [-0.1, -0.05) is 6.92 Å². The minimum absolute atomic E-state index is 0.120. The molecule has 0 amide bonds. The number of aryl methyl sites for hydroxylation is 2. The monoisotopic (exact) mass is 423 g/mol. The minimum atomic E-state index is -3.83. The Balaban J connectivity index is 2.06. The molecule has 10 heteroatoms. The third-order valence-corrected chi connectivity index (χ3v) is 5.74. The van der Waals surface area contributed by atoms with Crippen molar-refractivity contribution < 1.29 is 21.9 Å². The lowest BCUT2D eigenvalue weighted by Crippen LogP contribution is -2.18. The van der Waals surface area contributed by atoms with Crippen molar-refractivity contribution in [1.82, 2.24) is 9.55 Å². The normalized spacial score (nSPS) is 11.6. The van der Waals surface area contributed by atoms with Gasteiger partial charge in [-0.15, -0.1) is 0 Å². The minimum Gasteiger partial charge on any atom is -0.454 e. The summed E-state index contributed by atoms with van der Waals surface area (Å²) >= 11 is 0. The number of sulfonamides is 1. The van der Waals surface area contributed by atoms with Crippen molar-refractivity contribution in [3.8, 4) is 11.5 Å². The summed E-state index contributed by atoms with van der Waals surface area (Å²) in [4.78, 5) is 16.6. The van der Waals surface area contributed by atoms with Gasteiger partial charge in [0.1, 0.15) is 11.6 Å². The van der Waals surface area contributed by atoms with Gasteiger partial charge in [0.05, 0.1) is 28.7 Å². The van der Waals surface area contributed by atoms with E-state index in [2.05, 4.69) is 4.98 Å². The van der Waals surface area contributed by atoms with E-state index in [1.807, 2.05) is 4.72 Å². The maximum Gasteiger partial charge on any atom is 0.261 e. The highest BCUT2D eigenvalue weighted by molar-refractivity contribution is 7.92. The maximum atomic E-state index is 14.8. The van der Waals surface area contributed by atoms with Crippen LogP contribution in [0.5, 0.6) is 11.5 Å². The summed E-state index contributed by atoms with van der Waals surface area (Å²) in [5.41, 5.74) is -0.0335. The molecular weight excluding hydrogens is 404 g/mol. The molecular formula is C19H19F2N3O4S. The SMILES string of the molecule is CCCS(=O)(=O)Nc1cc(F)cc(Oc2ccc3ncn(C)c(=O)c3c2C)c1F. The molecule has 2 aromatic carbocycles. The Morgan fingerprint density at radius 3 is 2.62 bits per heavy atom. The Labute approximate surface area is 166 Å². The summed E-state index contributed by atoms with van der Waals surface area (Å²) in [7, 11) is -2.28. The van der Waals surface area contributed by atoms with Crippen LogP contribution in [0.25, 0.3) is 10.9 Å². The van der Waals surface area contributed by atoms with Crippen LogP contribution in [0.15, 0.2) is 35.4 Å². The second kappa shape index (κ2) is 7.78. The van der Waals surface area contributed by atoms with Crippen LogP contribution in [0.1, 0.15) is 18.9 Å². The van der Waals surface area contributed by atoms with E-state index in [9.17, 15) is 22.0 Å². The fourth-order valence-corrected chi connectivity index (χ4v) is 3.99. The Morgan fingerprint density at radius 2 is 1.93 bits per heavy atom. The number of aromatic nitrogens is 2. The van der Waals surface area contributed by atoms with E-state index in [0.29, 0.717) is 17.5 Å². The number of hydrogen-bond donors (Lipinski definition) is 1. The molecule has 0 atom stereocenters. The van der Waals surface area contributed by atoms with Crippen molar-refractivity contribution in [1.29, 1.82) is 0 Å². The lowest BCUT2D eigenvalue weighted by molar-refractivity contribution is 0.436. The molecule has 29 heavy (non-hydrogen) atoms. The first-order chi connectivity index (χ1) is 13.6. The Bertz CT molecular complexity index is 1260. The molecule has 0 spiro atoms. The van der Waals surface area contributed by atoms with Crippen molar-refractivity contribution in [2.24, 2.45) is 7.05 Å². The van der Waals surface area contributed by atoms with Gasteiger partial charge < -0.3 is 9.30 Å². The summed E-state index contributed by atoms with van der Waals surface area (Å²) in [5.74, 6) is -2.58. The number of fused-ring (bicyclic) bond motifs is 1. The van der Waals surface area contributed by atoms with E-state index in [4.69, 9.17) is 4.74 Å².